The van der Waals surface area contributed by atoms with E-state index in [1.54, 1.807) is 24.3 Å². The molecule has 0 radical (unpaired) electrons. The first-order chi connectivity index (χ1) is 12.1. The normalized spacial score (nSPS) is 10.3. The standard InChI is InChI=1S/C20H15ClINO2/c21-16-5-11-19(12-6-16)25-13-14-1-3-15(4-2-14)20(24)23-18-9-7-17(22)8-10-18/h1-12H,13H2,(H,23,24). The van der Waals surface area contributed by atoms with E-state index < -0.39 is 0 Å². The van der Waals surface area contributed by atoms with Crippen molar-refractivity contribution in [1.29, 1.82) is 0 Å². The summed E-state index contributed by atoms with van der Waals surface area (Å²) < 4.78 is 6.82. The molecule has 0 aliphatic rings. The van der Waals surface area contributed by atoms with Gasteiger partial charge in [0.1, 0.15) is 12.4 Å². The van der Waals surface area contributed by atoms with Crippen LogP contribution in [0.15, 0.2) is 72.8 Å². The number of rotatable bonds is 5. The molecule has 3 aromatic rings. The Balaban J connectivity index is 1.58. The molecule has 3 rings (SSSR count). The lowest BCUT2D eigenvalue weighted by atomic mass is 10.1. The molecule has 0 spiro atoms. The fourth-order valence-corrected chi connectivity index (χ4v) is 2.67. The van der Waals surface area contributed by atoms with Gasteiger partial charge < -0.3 is 10.1 Å². The number of halogens is 2. The van der Waals surface area contributed by atoms with Crippen molar-refractivity contribution in [2.45, 2.75) is 6.61 Å². The van der Waals surface area contributed by atoms with E-state index in [0.29, 0.717) is 17.2 Å². The summed E-state index contributed by atoms with van der Waals surface area (Å²) in [7, 11) is 0. The predicted octanol–water partition coefficient (Wildman–Crippen LogP) is 5.78. The second kappa shape index (κ2) is 8.36. The molecule has 0 aliphatic heterocycles. The Morgan fingerprint density at radius 3 is 2.20 bits per heavy atom. The Hall–Kier alpha value is -2.05. The molecule has 1 N–H and O–H groups in total. The predicted molar refractivity (Wildman–Crippen MR) is 109 cm³/mol. The lowest BCUT2D eigenvalue weighted by Crippen LogP contribution is -2.11. The zero-order valence-electron chi connectivity index (χ0n) is 13.2. The smallest absolute Gasteiger partial charge is 0.255 e. The van der Waals surface area contributed by atoms with Crippen LogP contribution in [0.2, 0.25) is 5.02 Å². The fraction of sp³-hybridized carbons (Fsp3) is 0.0500. The van der Waals surface area contributed by atoms with Gasteiger partial charge in [-0.2, -0.15) is 0 Å². The number of anilines is 1. The third-order valence-electron chi connectivity index (χ3n) is 3.54. The Bertz CT molecular complexity index is 846. The van der Waals surface area contributed by atoms with Crippen LogP contribution in [0.3, 0.4) is 0 Å². The maximum absolute atomic E-state index is 12.3. The molecule has 0 bridgehead atoms. The van der Waals surface area contributed by atoms with Crippen LogP contribution < -0.4 is 10.1 Å². The monoisotopic (exact) mass is 463 g/mol. The summed E-state index contributed by atoms with van der Waals surface area (Å²) in [5.74, 6) is 0.622. The van der Waals surface area contributed by atoms with Gasteiger partial charge in [-0.1, -0.05) is 23.7 Å². The van der Waals surface area contributed by atoms with E-state index >= 15 is 0 Å². The number of carbonyl (C=O) groups is 1. The highest BCUT2D eigenvalue weighted by molar-refractivity contribution is 14.1. The Kier molecular flexibility index (Phi) is 5.94. The third kappa shape index (κ3) is 5.21. The van der Waals surface area contributed by atoms with Gasteiger partial charge in [-0.25, -0.2) is 0 Å². The van der Waals surface area contributed by atoms with Crippen LogP contribution in [0.25, 0.3) is 0 Å². The van der Waals surface area contributed by atoms with Gasteiger partial charge >= 0.3 is 0 Å². The second-order valence-corrected chi connectivity index (χ2v) is 7.08. The summed E-state index contributed by atoms with van der Waals surface area (Å²) in [5.41, 5.74) is 2.37. The van der Waals surface area contributed by atoms with Crippen LogP contribution in [-0.4, -0.2) is 5.91 Å². The molecular formula is C20H15ClINO2. The van der Waals surface area contributed by atoms with E-state index in [9.17, 15) is 4.79 Å². The molecule has 0 saturated carbocycles. The van der Waals surface area contributed by atoms with Crippen molar-refractivity contribution >= 4 is 45.8 Å². The minimum Gasteiger partial charge on any atom is -0.489 e. The molecule has 0 aliphatic carbocycles. The summed E-state index contributed by atoms with van der Waals surface area (Å²) in [6.45, 7) is 0.431. The van der Waals surface area contributed by atoms with Crippen molar-refractivity contribution in [1.82, 2.24) is 0 Å². The van der Waals surface area contributed by atoms with Crippen molar-refractivity contribution < 1.29 is 9.53 Å². The number of hydrogen-bond donors (Lipinski definition) is 1. The van der Waals surface area contributed by atoms with Crippen molar-refractivity contribution in [3.8, 4) is 5.75 Å². The number of benzene rings is 3. The molecule has 0 fully saturated rings. The molecule has 3 aromatic carbocycles. The van der Waals surface area contributed by atoms with Gasteiger partial charge in [-0.05, 0) is 88.8 Å². The Morgan fingerprint density at radius 2 is 1.56 bits per heavy atom. The number of ether oxygens (including phenoxy) is 1. The minimum atomic E-state index is -0.133. The highest BCUT2D eigenvalue weighted by Crippen LogP contribution is 2.17. The zero-order valence-corrected chi connectivity index (χ0v) is 16.1. The highest BCUT2D eigenvalue weighted by Gasteiger charge is 2.06. The highest BCUT2D eigenvalue weighted by atomic mass is 127. The van der Waals surface area contributed by atoms with E-state index in [0.717, 1.165) is 20.6 Å². The van der Waals surface area contributed by atoms with Gasteiger partial charge in [0.05, 0.1) is 0 Å². The lowest BCUT2D eigenvalue weighted by Gasteiger charge is -2.08. The minimum absolute atomic E-state index is 0.133. The number of nitrogens with one attached hydrogen (secondary N) is 1. The second-order valence-electron chi connectivity index (χ2n) is 5.40. The first-order valence-corrected chi connectivity index (χ1v) is 9.10. The average Bonchev–Trinajstić information content (AvgIpc) is 2.63. The van der Waals surface area contributed by atoms with E-state index in [1.165, 1.54) is 0 Å². The van der Waals surface area contributed by atoms with Gasteiger partial charge in [0.25, 0.3) is 5.91 Å². The van der Waals surface area contributed by atoms with Gasteiger partial charge in [0, 0.05) is 19.8 Å². The molecule has 0 unspecified atom stereocenters. The maximum Gasteiger partial charge on any atom is 0.255 e. The van der Waals surface area contributed by atoms with Crippen molar-refractivity contribution in [3.05, 3.63) is 92.5 Å². The quantitative estimate of drug-likeness (QED) is 0.487. The van der Waals surface area contributed by atoms with Gasteiger partial charge in [-0.3, -0.25) is 4.79 Å². The van der Waals surface area contributed by atoms with Gasteiger partial charge in [0.15, 0.2) is 0 Å². The van der Waals surface area contributed by atoms with Crippen LogP contribution in [0, 0.1) is 3.57 Å². The molecule has 3 nitrogen and oxygen atoms in total. The summed E-state index contributed by atoms with van der Waals surface area (Å²) in [6.07, 6.45) is 0. The topological polar surface area (TPSA) is 38.3 Å². The fourth-order valence-electron chi connectivity index (χ4n) is 2.19. The van der Waals surface area contributed by atoms with Crippen LogP contribution >= 0.6 is 34.2 Å². The Labute approximate surface area is 165 Å². The van der Waals surface area contributed by atoms with Crippen LogP contribution in [0.5, 0.6) is 5.75 Å². The molecule has 0 aromatic heterocycles. The largest absolute Gasteiger partial charge is 0.489 e. The zero-order chi connectivity index (χ0) is 17.6. The summed E-state index contributed by atoms with van der Waals surface area (Å²) in [5, 5.41) is 3.56. The van der Waals surface area contributed by atoms with Crippen molar-refractivity contribution in [3.63, 3.8) is 0 Å². The molecule has 5 heteroatoms. The SMILES string of the molecule is O=C(Nc1ccc(I)cc1)c1ccc(COc2ccc(Cl)cc2)cc1. The molecule has 126 valence electrons. The van der Waals surface area contributed by atoms with Gasteiger partial charge in [0.2, 0.25) is 0 Å². The molecule has 0 heterocycles. The molecule has 0 saturated heterocycles. The first kappa shape index (κ1) is 17.8. The average molecular weight is 464 g/mol. The summed E-state index contributed by atoms with van der Waals surface area (Å²) >= 11 is 8.08. The maximum atomic E-state index is 12.3. The first-order valence-electron chi connectivity index (χ1n) is 7.64. The van der Waals surface area contributed by atoms with Crippen LogP contribution in [-0.2, 0) is 6.61 Å². The van der Waals surface area contributed by atoms with Crippen molar-refractivity contribution in [2.75, 3.05) is 5.32 Å². The van der Waals surface area contributed by atoms with E-state index in [1.807, 2.05) is 48.5 Å². The molecular weight excluding hydrogens is 449 g/mol. The molecule has 25 heavy (non-hydrogen) atoms. The third-order valence-corrected chi connectivity index (χ3v) is 4.51. The Morgan fingerprint density at radius 1 is 0.920 bits per heavy atom. The molecule has 1 amide bonds. The number of hydrogen-bond acceptors (Lipinski definition) is 2. The van der Waals surface area contributed by atoms with Crippen LogP contribution in [0.4, 0.5) is 5.69 Å². The van der Waals surface area contributed by atoms with E-state index in [2.05, 4.69) is 27.9 Å². The lowest BCUT2D eigenvalue weighted by molar-refractivity contribution is 0.102. The van der Waals surface area contributed by atoms with E-state index in [4.69, 9.17) is 16.3 Å². The van der Waals surface area contributed by atoms with E-state index in [-0.39, 0.29) is 5.91 Å². The summed E-state index contributed by atoms with van der Waals surface area (Å²) in [4.78, 5) is 12.3. The van der Waals surface area contributed by atoms with Gasteiger partial charge in [-0.15, -0.1) is 0 Å². The summed E-state index contributed by atoms with van der Waals surface area (Å²) in [6, 6.07) is 22.3. The number of amides is 1. The number of carbonyl (C=O) groups excluding carboxylic acids is 1. The molecule has 0 atom stereocenters. The van der Waals surface area contributed by atoms with Crippen molar-refractivity contribution in [2.24, 2.45) is 0 Å². The van der Waals surface area contributed by atoms with Crippen LogP contribution in [0.1, 0.15) is 15.9 Å².